The van der Waals surface area contributed by atoms with Crippen LogP contribution in [0.4, 0.5) is 21.7 Å². The van der Waals surface area contributed by atoms with E-state index in [-0.39, 0.29) is 18.3 Å². The van der Waals surface area contributed by atoms with Crippen molar-refractivity contribution in [3.63, 3.8) is 0 Å². The maximum absolute atomic E-state index is 14.4. The number of nitrogens with one attached hydrogen (secondary N) is 2. The van der Waals surface area contributed by atoms with E-state index in [1.165, 1.54) is 6.07 Å². The van der Waals surface area contributed by atoms with Crippen LogP contribution in [0.25, 0.3) is 11.3 Å². The Morgan fingerprint density at radius 1 is 1.00 bits per heavy atom. The van der Waals surface area contributed by atoms with E-state index in [0.29, 0.717) is 52.0 Å². The Bertz CT molecular complexity index is 1340. The number of aromatic nitrogens is 2. The predicted octanol–water partition coefficient (Wildman–Crippen LogP) is 4.43. The van der Waals surface area contributed by atoms with E-state index in [1.54, 1.807) is 54.7 Å². The van der Waals surface area contributed by atoms with Gasteiger partial charge in [0.2, 0.25) is 5.95 Å². The van der Waals surface area contributed by atoms with Gasteiger partial charge in [0, 0.05) is 40.8 Å². The second-order valence-electron chi connectivity index (χ2n) is 7.61. The van der Waals surface area contributed by atoms with Crippen molar-refractivity contribution in [3.8, 4) is 17.0 Å². The minimum Gasteiger partial charge on any atom is -0.489 e. The lowest BCUT2D eigenvalue weighted by Crippen LogP contribution is -2.22. The number of carbonyl (C=O) groups excluding carboxylic acids is 1. The summed E-state index contributed by atoms with van der Waals surface area (Å²) in [4.78, 5) is 21.4. The van der Waals surface area contributed by atoms with Crippen molar-refractivity contribution >= 4 is 23.2 Å². The molecule has 0 saturated carbocycles. The first-order valence-electron chi connectivity index (χ1n) is 10.3. The van der Waals surface area contributed by atoms with Crippen LogP contribution in [-0.2, 0) is 13.2 Å². The Morgan fingerprint density at radius 2 is 1.85 bits per heavy atom. The summed E-state index contributed by atoms with van der Waals surface area (Å²) in [6.07, 6.45) is 1.60. The van der Waals surface area contributed by atoms with Crippen LogP contribution in [0, 0.1) is 5.82 Å². The molecule has 1 amide bonds. The highest BCUT2D eigenvalue weighted by Gasteiger charge is 2.12. The zero-order valence-electron chi connectivity index (χ0n) is 17.5. The molecule has 1 aromatic heterocycles. The monoisotopic (exact) mass is 441 g/mol. The van der Waals surface area contributed by atoms with Gasteiger partial charge in [-0.3, -0.25) is 4.79 Å². The van der Waals surface area contributed by atoms with Crippen molar-refractivity contribution < 1.29 is 13.9 Å². The standard InChI is InChI=1S/C25H20FN5O2/c26-21-8-4-18-11-17(21)14-33-19-5-1-15(2-6-19)13-29-24(32)16-3-7-20(22(27)12-16)23-9-10-28-25(30-18)31-23/h1-12H,13-14,27H2,(H,29,32)(H,28,30,31). The molecule has 5 heterocycles. The van der Waals surface area contributed by atoms with Crippen LogP contribution in [-0.4, -0.2) is 15.9 Å². The Kier molecular flexibility index (Phi) is 5.32. The SMILES string of the molecule is Nc1cc2ccc1-c1ccnc(n1)Nc1ccc(F)c(c1)COc1ccc(cc1)CNC2=O. The topological polar surface area (TPSA) is 102 Å². The normalized spacial score (nSPS) is 13.1. The first-order valence-corrected chi connectivity index (χ1v) is 10.3. The van der Waals surface area contributed by atoms with Crippen LogP contribution < -0.4 is 21.1 Å². The largest absolute Gasteiger partial charge is 0.489 e. The number of ether oxygens (including phenoxy) is 1. The molecule has 164 valence electrons. The summed E-state index contributed by atoms with van der Waals surface area (Å²) in [6, 6.07) is 18.7. The second kappa shape index (κ2) is 8.58. The first kappa shape index (κ1) is 20.4. The number of benzene rings is 3. The molecule has 8 heteroatoms. The highest BCUT2D eigenvalue weighted by Crippen LogP contribution is 2.27. The lowest BCUT2D eigenvalue weighted by molar-refractivity contribution is 0.0951. The fourth-order valence-electron chi connectivity index (χ4n) is 3.55. The molecule has 3 aromatic carbocycles. The quantitative estimate of drug-likeness (QED) is 0.349. The van der Waals surface area contributed by atoms with Gasteiger partial charge in [-0.05, 0) is 60.2 Å². The molecule has 7 nitrogen and oxygen atoms in total. The lowest BCUT2D eigenvalue weighted by atomic mass is 10.1. The summed E-state index contributed by atoms with van der Waals surface area (Å²) in [5.74, 6) is 0.320. The van der Waals surface area contributed by atoms with E-state index in [9.17, 15) is 9.18 Å². The Balaban J connectivity index is 1.55. The molecule has 8 bridgehead atoms. The maximum atomic E-state index is 14.4. The highest BCUT2D eigenvalue weighted by molar-refractivity contribution is 5.96. The van der Waals surface area contributed by atoms with Crippen LogP contribution in [0.3, 0.4) is 0 Å². The molecule has 0 fully saturated rings. The summed E-state index contributed by atoms with van der Waals surface area (Å²) >= 11 is 0. The minimum absolute atomic E-state index is 0.0563. The Labute approximate surface area is 189 Å². The summed E-state index contributed by atoms with van der Waals surface area (Å²) in [7, 11) is 0. The van der Waals surface area contributed by atoms with Crippen LogP contribution in [0.2, 0.25) is 0 Å². The van der Waals surface area contributed by atoms with Gasteiger partial charge >= 0.3 is 0 Å². The average Bonchev–Trinajstić information content (AvgIpc) is 2.83. The van der Waals surface area contributed by atoms with Crippen molar-refractivity contribution in [3.05, 3.63) is 95.4 Å². The number of nitrogen functional groups attached to an aromatic ring is 1. The number of carbonyl (C=O) groups is 1. The molecule has 4 aromatic rings. The number of hydrogen-bond donors (Lipinski definition) is 3. The fourth-order valence-corrected chi connectivity index (χ4v) is 3.55. The zero-order chi connectivity index (χ0) is 22.8. The van der Waals surface area contributed by atoms with Crippen LogP contribution >= 0.6 is 0 Å². The molecule has 4 N–H and O–H groups in total. The Hall–Kier alpha value is -4.46. The third-order valence-corrected chi connectivity index (χ3v) is 5.32. The van der Waals surface area contributed by atoms with Crippen molar-refractivity contribution in [2.75, 3.05) is 11.1 Å². The minimum atomic E-state index is -0.371. The number of hydrogen-bond acceptors (Lipinski definition) is 6. The summed E-state index contributed by atoms with van der Waals surface area (Å²) in [5.41, 5.74) is 10.3. The van der Waals surface area contributed by atoms with Crippen LogP contribution in [0.5, 0.6) is 5.75 Å². The van der Waals surface area contributed by atoms with Crippen molar-refractivity contribution in [1.29, 1.82) is 0 Å². The molecule has 33 heavy (non-hydrogen) atoms. The van der Waals surface area contributed by atoms with E-state index in [0.717, 1.165) is 5.56 Å². The summed E-state index contributed by atoms with van der Waals surface area (Å²) in [5, 5.41) is 5.98. The lowest BCUT2D eigenvalue weighted by Gasteiger charge is -2.13. The van der Waals surface area contributed by atoms with Gasteiger partial charge in [-0.15, -0.1) is 0 Å². The number of anilines is 3. The number of nitrogens with zero attached hydrogens (tertiary/aromatic N) is 2. The van der Waals surface area contributed by atoms with Gasteiger partial charge in [0.15, 0.2) is 0 Å². The van der Waals surface area contributed by atoms with Gasteiger partial charge in [0.1, 0.15) is 18.2 Å². The molecule has 4 aliphatic rings. The Morgan fingerprint density at radius 3 is 2.67 bits per heavy atom. The van der Waals surface area contributed by atoms with Gasteiger partial charge in [-0.25, -0.2) is 14.4 Å². The molecule has 0 unspecified atom stereocenters. The van der Waals surface area contributed by atoms with Gasteiger partial charge in [0.25, 0.3) is 5.91 Å². The summed E-state index contributed by atoms with van der Waals surface area (Å²) < 4.78 is 20.1. The van der Waals surface area contributed by atoms with E-state index < -0.39 is 0 Å². The molecule has 4 aliphatic heterocycles. The van der Waals surface area contributed by atoms with Crippen molar-refractivity contribution in [2.45, 2.75) is 13.2 Å². The molecular formula is C25H20FN5O2. The smallest absolute Gasteiger partial charge is 0.251 e. The third-order valence-electron chi connectivity index (χ3n) is 5.32. The van der Waals surface area contributed by atoms with E-state index in [1.807, 2.05) is 12.1 Å². The summed E-state index contributed by atoms with van der Waals surface area (Å²) in [6.45, 7) is 0.402. The predicted molar refractivity (Wildman–Crippen MR) is 124 cm³/mol. The van der Waals surface area contributed by atoms with E-state index in [4.69, 9.17) is 10.5 Å². The molecule has 0 radical (unpaired) electrons. The first-order chi connectivity index (χ1) is 16.0. The van der Waals surface area contributed by atoms with Crippen molar-refractivity contribution in [1.82, 2.24) is 15.3 Å². The van der Waals surface area contributed by atoms with E-state index in [2.05, 4.69) is 20.6 Å². The van der Waals surface area contributed by atoms with Gasteiger partial charge in [0.05, 0.1) is 5.69 Å². The second-order valence-corrected chi connectivity index (χ2v) is 7.61. The molecule has 0 saturated heterocycles. The van der Waals surface area contributed by atoms with Gasteiger partial charge in [-0.1, -0.05) is 12.1 Å². The van der Waals surface area contributed by atoms with Crippen LogP contribution in [0.1, 0.15) is 21.5 Å². The molecule has 0 atom stereocenters. The average molecular weight is 441 g/mol. The van der Waals surface area contributed by atoms with Gasteiger partial charge in [-0.2, -0.15) is 0 Å². The number of halogens is 1. The maximum Gasteiger partial charge on any atom is 0.251 e. The van der Waals surface area contributed by atoms with E-state index >= 15 is 0 Å². The highest BCUT2D eigenvalue weighted by atomic mass is 19.1. The third kappa shape index (κ3) is 4.45. The molecule has 0 aliphatic carbocycles. The molecule has 0 spiro atoms. The molecule has 8 rings (SSSR count). The zero-order valence-corrected chi connectivity index (χ0v) is 17.5. The van der Waals surface area contributed by atoms with Crippen LogP contribution in [0.15, 0.2) is 72.9 Å². The fraction of sp³-hybridized carbons (Fsp3) is 0.0800. The number of nitrogens with two attached hydrogens (primary N) is 1. The van der Waals surface area contributed by atoms with Crippen molar-refractivity contribution in [2.24, 2.45) is 0 Å². The number of amides is 1. The molecular weight excluding hydrogens is 421 g/mol. The number of rotatable bonds is 0. The van der Waals surface area contributed by atoms with Gasteiger partial charge < -0.3 is 21.1 Å².